The van der Waals surface area contributed by atoms with E-state index in [1.165, 1.54) is 0 Å². The molecule has 0 saturated carbocycles. The zero-order valence-corrected chi connectivity index (χ0v) is 16.1. The van der Waals surface area contributed by atoms with Crippen molar-refractivity contribution in [2.75, 3.05) is 0 Å². The molecule has 1 aliphatic rings. The largest absolute Gasteiger partial charge is 0.480 e. The fraction of sp³-hybridized carbons (Fsp3) is 0.0769. The third kappa shape index (κ3) is 2.85. The highest BCUT2D eigenvalue weighted by Crippen LogP contribution is 2.46. The Hall–Kier alpha value is -3.92. The molecule has 0 bridgehead atoms. The molecule has 4 nitrogen and oxygen atoms in total. The third-order valence-corrected chi connectivity index (χ3v) is 5.80. The summed E-state index contributed by atoms with van der Waals surface area (Å²) in [5.41, 5.74) is 4.35. The van der Waals surface area contributed by atoms with Gasteiger partial charge in [-0.25, -0.2) is 4.79 Å². The van der Waals surface area contributed by atoms with E-state index in [9.17, 15) is 14.7 Å². The van der Waals surface area contributed by atoms with E-state index in [2.05, 4.69) is 5.32 Å². The van der Waals surface area contributed by atoms with Crippen molar-refractivity contribution in [3.63, 3.8) is 0 Å². The van der Waals surface area contributed by atoms with Gasteiger partial charge in [0.15, 0.2) is 0 Å². The van der Waals surface area contributed by atoms with Crippen LogP contribution in [0.2, 0.25) is 0 Å². The molecular formula is C26H19NO3. The van der Waals surface area contributed by atoms with Crippen molar-refractivity contribution < 1.29 is 14.7 Å². The van der Waals surface area contributed by atoms with E-state index < -0.39 is 17.9 Å². The molecule has 4 heteroatoms. The lowest BCUT2D eigenvalue weighted by atomic mass is 9.89. The van der Waals surface area contributed by atoms with Gasteiger partial charge < -0.3 is 10.4 Å². The van der Waals surface area contributed by atoms with Gasteiger partial charge in [0.1, 0.15) is 6.04 Å². The summed E-state index contributed by atoms with van der Waals surface area (Å²) in [4.78, 5) is 25.5. The number of aliphatic carboxylic acids is 1. The predicted octanol–water partition coefficient (Wildman–Crippen LogP) is 4.84. The molecule has 0 aliphatic heterocycles. The highest BCUT2D eigenvalue weighted by atomic mass is 16.4. The zero-order chi connectivity index (χ0) is 20.7. The number of nitrogens with one attached hydrogen (secondary N) is 1. The number of rotatable bonds is 4. The first-order chi connectivity index (χ1) is 14.6. The lowest BCUT2D eigenvalue weighted by Gasteiger charge is -2.23. The van der Waals surface area contributed by atoms with E-state index in [1.807, 2.05) is 84.9 Å². The van der Waals surface area contributed by atoms with Crippen molar-refractivity contribution in [3.8, 4) is 11.1 Å². The monoisotopic (exact) mass is 393 g/mol. The highest BCUT2D eigenvalue weighted by Gasteiger charge is 2.39. The molecule has 0 fully saturated rings. The minimum Gasteiger partial charge on any atom is -0.480 e. The van der Waals surface area contributed by atoms with Crippen LogP contribution in [0.25, 0.3) is 21.9 Å². The molecule has 1 atom stereocenters. The first-order valence-electron chi connectivity index (χ1n) is 9.85. The Bertz CT molecular complexity index is 1240. The van der Waals surface area contributed by atoms with Gasteiger partial charge in [-0.15, -0.1) is 0 Å². The van der Waals surface area contributed by atoms with Gasteiger partial charge in [-0.1, -0.05) is 84.9 Å². The molecule has 5 rings (SSSR count). The van der Waals surface area contributed by atoms with Crippen LogP contribution in [0.1, 0.15) is 27.4 Å². The van der Waals surface area contributed by atoms with Crippen LogP contribution in [-0.4, -0.2) is 23.0 Å². The van der Waals surface area contributed by atoms with E-state index in [1.54, 1.807) is 6.07 Å². The SMILES string of the molecule is O=C(N[C@@H](C(=O)O)C1c2ccccc2-c2ccccc21)c1cccc2ccccc12. The van der Waals surface area contributed by atoms with Gasteiger partial charge in [0.2, 0.25) is 0 Å². The van der Waals surface area contributed by atoms with Gasteiger partial charge in [0.05, 0.1) is 0 Å². The molecule has 1 aliphatic carbocycles. The van der Waals surface area contributed by atoms with Crippen molar-refractivity contribution >= 4 is 22.6 Å². The van der Waals surface area contributed by atoms with Crippen LogP contribution < -0.4 is 5.32 Å². The van der Waals surface area contributed by atoms with Crippen LogP contribution in [0.3, 0.4) is 0 Å². The normalized spacial score (nSPS) is 13.5. The molecule has 2 N–H and O–H groups in total. The van der Waals surface area contributed by atoms with Crippen LogP contribution >= 0.6 is 0 Å². The maximum atomic E-state index is 13.2. The second-order valence-electron chi connectivity index (χ2n) is 7.47. The Labute approximate surface area is 173 Å². The minimum atomic E-state index is -1.08. The molecule has 30 heavy (non-hydrogen) atoms. The summed E-state index contributed by atoms with van der Waals surface area (Å²) in [7, 11) is 0. The topological polar surface area (TPSA) is 66.4 Å². The Morgan fingerprint density at radius 3 is 1.97 bits per heavy atom. The van der Waals surface area contributed by atoms with Crippen LogP contribution in [0, 0.1) is 0 Å². The first kappa shape index (κ1) is 18.1. The summed E-state index contributed by atoms with van der Waals surface area (Å²) in [6.45, 7) is 0. The van der Waals surface area contributed by atoms with Crippen molar-refractivity contribution in [1.29, 1.82) is 0 Å². The van der Waals surface area contributed by atoms with E-state index >= 15 is 0 Å². The number of amides is 1. The summed E-state index contributed by atoms with van der Waals surface area (Å²) in [6.07, 6.45) is 0. The predicted molar refractivity (Wildman–Crippen MR) is 117 cm³/mol. The highest BCUT2D eigenvalue weighted by molar-refractivity contribution is 6.08. The van der Waals surface area contributed by atoms with E-state index in [4.69, 9.17) is 0 Å². The third-order valence-electron chi connectivity index (χ3n) is 5.80. The zero-order valence-electron chi connectivity index (χ0n) is 16.1. The molecular weight excluding hydrogens is 374 g/mol. The average molecular weight is 393 g/mol. The van der Waals surface area contributed by atoms with Gasteiger partial charge in [0, 0.05) is 11.5 Å². The standard InChI is InChI=1S/C26H19NO3/c28-25(22-15-7-9-16-8-1-2-10-17(16)22)27-24(26(29)30)23-20-13-5-3-11-18(20)19-12-4-6-14-21(19)23/h1-15,23-24H,(H,27,28)(H,29,30)/t24-/m1/s1. The van der Waals surface area contributed by atoms with Crippen molar-refractivity contribution in [1.82, 2.24) is 5.32 Å². The van der Waals surface area contributed by atoms with Gasteiger partial charge in [0.25, 0.3) is 5.91 Å². The summed E-state index contributed by atoms with van der Waals surface area (Å²) in [6, 6.07) is 27.6. The fourth-order valence-corrected chi connectivity index (χ4v) is 4.48. The molecule has 4 aromatic rings. The maximum Gasteiger partial charge on any atom is 0.327 e. The molecule has 4 aromatic carbocycles. The number of carbonyl (C=O) groups is 2. The van der Waals surface area contributed by atoms with Gasteiger partial charge in [-0.3, -0.25) is 4.79 Å². The Morgan fingerprint density at radius 1 is 0.733 bits per heavy atom. The van der Waals surface area contributed by atoms with E-state index in [-0.39, 0.29) is 5.91 Å². The Balaban J connectivity index is 1.57. The summed E-state index contributed by atoms with van der Waals surface area (Å²) in [5, 5.41) is 14.6. The molecule has 0 saturated heterocycles. The number of fused-ring (bicyclic) bond motifs is 4. The molecule has 0 aromatic heterocycles. The summed E-state index contributed by atoms with van der Waals surface area (Å²) in [5.74, 6) is -1.89. The minimum absolute atomic E-state index is 0.388. The van der Waals surface area contributed by atoms with Crippen LogP contribution in [0.4, 0.5) is 0 Å². The molecule has 0 spiro atoms. The first-order valence-corrected chi connectivity index (χ1v) is 9.85. The molecule has 146 valence electrons. The van der Waals surface area contributed by atoms with Crippen molar-refractivity contribution in [2.45, 2.75) is 12.0 Å². The van der Waals surface area contributed by atoms with E-state index in [0.717, 1.165) is 33.0 Å². The van der Waals surface area contributed by atoms with E-state index in [0.29, 0.717) is 5.56 Å². The number of benzene rings is 4. The maximum absolute atomic E-state index is 13.2. The molecule has 0 radical (unpaired) electrons. The molecule has 1 amide bonds. The smallest absolute Gasteiger partial charge is 0.327 e. The van der Waals surface area contributed by atoms with Crippen molar-refractivity contribution in [2.24, 2.45) is 0 Å². The lowest BCUT2D eigenvalue weighted by molar-refractivity contribution is -0.139. The number of hydrogen-bond acceptors (Lipinski definition) is 2. The summed E-state index contributed by atoms with van der Waals surface area (Å²) < 4.78 is 0. The van der Waals surface area contributed by atoms with Gasteiger partial charge in [-0.2, -0.15) is 0 Å². The number of carboxylic acid groups (broad SMARTS) is 1. The Morgan fingerprint density at radius 2 is 1.30 bits per heavy atom. The van der Waals surface area contributed by atoms with Crippen molar-refractivity contribution in [3.05, 3.63) is 108 Å². The lowest BCUT2D eigenvalue weighted by Crippen LogP contribution is -2.45. The molecule has 0 unspecified atom stereocenters. The van der Waals surface area contributed by atoms with Gasteiger partial charge in [-0.05, 0) is 39.1 Å². The fourth-order valence-electron chi connectivity index (χ4n) is 4.48. The number of carbonyl (C=O) groups excluding carboxylic acids is 1. The number of hydrogen-bond donors (Lipinski definition) is 2. The van der Waals surface area contributed by atoms with Crippen LogP contribution in [0.15, 0.2) is 91.0 Å². The quantitative estimate of drug-likeness (QED) is 0.522. The van der Waals surface area contributed by atoms with Crippen LogP contribution in [-0.2, 0) is 4.79 Å². The summed E-state index contributed by atoms with van der Waals surface area (Å²) >= 11 is 0. The molecule has 0 heterocycles. The van der Waals surface area contributed by atoms with Gasteiger partial charge >= 0.3 is 5.97 Å². The second-order valence-corrected chi connectivity index (χ2v) is 7.47. The van der Waals surface area contributed by atoms with Crippen LogP contribution in [0.5, 0.6) is 0 Å². The Kier molecular flexibility index (Phi) is 4.32. The number of carboxylic acids is 1. The second kappa shape index (κ2) is 7.16. The average Bonchev–Trinajstić information content (AvgIpc) is 3.11.